The van der Waals surface area contributed by atoms with Crippen LogP contribution >= 0.6 is 0 Å². The molecular formula is C24H34F2. The highest BCUT2D eigenvalue weighted by atomic mass is 19.1. The van der Waals surface area contributed by atoms with Gasteiger partial charge in [0.1, 0.15) is 5.82 Å². The van der Waals surface area contributed by atoms with Crippen molar-refractivity contribution >= 4 is 0 Å². The van der Waals surface area contributed by atoms with Crippen LogP contribution in [0.15, 0.2) is 36.4 Å². The molecule has 0 radical (unpaired) electrons. The van der Waals surface area contributed by atoms with Crippen molar-refractivity contribution in [2.24, 2.45) is 17.8 Å². The van der Waals surface area contributed by atoms with Gasteiger partial charge >= 0.3 is 0 Å². The average molecular weight is 361 g/mol. The summed E-state index contributed by atoms with van der Waals surface area (Å²) in [7, 11) is 0. The Morgan fingerprint density at radius 3 is 1.96 bits per heavy atom. The lowest BCUT2D eigenvalue weighted by Crippen LogP contribution is -2.17. The van der Waals surface area contributed by atoms with Gasteiger partial charge < -0.3 is 0 Å². The largest absolute Gasteiger partial charge is 0.251 e. The van der Waals surface area contributed by atoms with E-state index in [1.54, 1.807) is 12.1 Å². The van der Waals surface area contributed by atoms with Gasteiger partial charge in [-0.3, -0.25) is 4.39 Å². The summed E-state index contributed by atoms with van der Waals surface area (Å²) in [5, 5.41) is 0. The van der Waals surface area contributed by atoms with Crippen LogP contribution in [0.4, 0.5) is 8.78 Å². The number of rotatable bonds is 7. The van der Waals surface area contributed by atoms with E-state index in [9.17, 15) is 8.78 Å². The molecule has 2 saturated carbocycles. The van der Waals surface area contributed by atoms with E-state index in [1.807, 2.05) is 18.2 Å². The monoisotopic (exact) mass is 360 g/mol. The van der Waals surface area contributed by atoms with Gasteiger partial charge in [-0.2, -0.15) is 0 Å². The quantitative estimate of drug-likeness (QED) is 0.439. The third kappa shape index (κ3) is 5.93. The molecule has 0 saturated heterocycles. The number of benzene rings is 1. The highest BCUT2D eigenvalue weighted by Gasteiger charge is 2.24. The zero-order valence-electron chi connectivity index (χ0n) is 16.0. The Morgan fingerprint density at radius 1 is 0.808 bits per heavy atom. The minimum Gasteiger partial charge on any atom is -0.251 e. The first-order valence-electron chi connectivity index (χ1n) is 10.7. The summed E-state index contributed by atoms with van der Waals surface area (Å²) in [5.74, 6) is 3.02. The lowest BCUT2D eigenvalue weighted by atomic mass is 9.74. The van der Waals surface area contributed by atoms with Gasteiger partial charge in [-0.15, -0.1) is 0 Å². The van der Waals surface area contributed by atoms with Gasteiger partial charge in [0.15, 0.2) is 0 Å². The molecule has 2 heteroatoms. The maximum absolute atomic E-state index is 13.1. The Kier molecular flexibility index (Phi) is 7.70. The van der Waals surface area contributed by atoms with E-state index >= 15 is 0 Å². The van der Waals surface area contributed by atoms with Crippen LogP contribution in [0.5, 0.6) is 0 Å². The predicted molar refractivity (Wildman–Crippen MR) is 106 cm³/mol. The second kappa shape index (κ2) is 10.2. The first-order valence-corrected chi connectivity index (χ1v) is 10.7. The maximum atomic E-state index is 13.1. The number of alkyl halides is 1. The molecule has 0 aliphatic heterocycles. The standard InChI is InChI=1S/C24H34F2/c25-18-2-1-3-19-4-6-20(7-5-19)8-9-21-10-12-22(13-11-21)23-14-16-24(26)17-15-23/h1,3,14-17,19-22H,2,4-13,18H2. The topological polar surface area (TPSA) is 0 Å². The van der Waals surface area contributed by atoms with Crippen LogP contribution in [0, 0.1) is 23.6 Å². The first-order chi connectivity index (χ1) is 12.7. The van der Waals surface area contributed by atoms with E-state index in [4.69, 9.17) is 0 Å². The lowest BCUT2D eigenvalue weighted by Gasteiger charge is -2.31. The molecule has 0 amide bonds. The molecular weight excluding hydrogens is 326 g/mol. The molecule has 0 unspecified atom stereocenters. The molecule has 0 N–H and O–H groups in total. The zero-order valence-corrected chi connectivity index (χ0v) is 16.0. The Labute approximate surface area is 158 Å². The molecule has 144 valence electrons. The van der Waals surface area contributed by atoms with Crippen molar-refractivity contribution in [3.8, 4) is 0 Å². The van der Waals surface area contributed by atoms with Gasteiger partial charge in [0.25, 0.3) is 0 Å². The van der Waals surface area contributed by atoms with E-state index in [2.05, 4.69) is 6.08 Å². The molecule has 2 aliphatic carbocycles. The minimum atomic E-state index is -0.227. The summed E-state index contributed by atoms with van der Waals surface area (Å²) < 4.78 is 25.2. The van der Waals surface area contributed by atoms with Crippen LogP contribution in [0.25, 0.3) is 0 Å². The Hall–Kier alpha value is -1.18. The van der Waals surface area contributed by atoms with Gasteiger partial charge in [0.05, 0.1) is 6.67 Å². The second-order valence-electron chi connectivity index (χ2n) is 8.53. The maximum Gasteiger partial charge on any atom is 0.123 e. The van der Waals surface area contributed by atoms with Crippen LogP contribution in [-0.2, 0) is 0 Å². The second-order valence-corrected chi connectivity index (χ2v) is 8.53. The summed E-state index contributed by atoms with van der Waals surface area (Å²) >= 11 is 0. The summed E-state index contributed by atoms with van der Waals surface area (Å²) in [5.41, 5.74) is 1.32. The molecule has 0 spiro atoms. The van der Waals surface area contributed by atoms with Crippen LogP contribution in [-0.4, -0.2) is 6.67 Å². The SMILES string of the molecule is FCCC=CC1CCC(CCC2CCC(c3ccc(F)cc3)CC2)CC1. The fourth-order valence-electron chi connectivity index (χ4n) is 5.01. The number of allylic oxidation sites excluding steroid dienone is 2. The lowest BCUT2D eigenvalue weighted by molar-refractivity contribution is 0.246. The van der Waals surface area contributed by atoms with E-state index in [0.717, 1.165) is 11.8 Å². The fraction of sp³-hybridized carbons (Fsp3) is 0.667. The Balaban J connectivity index is 1.32. The molecule has 2 fully saturated rings. The van der Waals surface area contributed by atoms with E-state index < -0.39 is 0 Å². The normalized spacial score (nSPS) is 29.9. The van der Waals surface area contributed by atoms with Crippen molar-refractivity contribution in [1.29, 1.82) is 0 Å². The number of hydrogen-bond acceptors (Lipinski definition) is 0. The minimum absolute atomic E-state index is 0.130. The molecule has 0 nitrogen and oxygen atoms in total. The van der Waals surface area contributed by atoms with Crippen molar-refractivity contribution in [3.05, 3.63) is 47.8 Å². The van der Waals surface area contributed by atoms with Gasteiger partial charge in [-0.1, -0.05) is 37.1 Å². The summed E-state index contributed by atoms with van der Waals surface area (Å²) in [4.78, 5) is 0. The summed E-state index contributed by atoms with van der Waals surface area (Å²) in [6.45, 7) is -0.227. The zero-order chi connectivity index (χ0) is 18.2. The van der Waals surface area contributed by atoms with Gasteiger partial charge in [-0.05, 0) is 99.2 Å². The van der Waals surface area contributed by atoms with Crippen molar-refractivity contribution in [2.45, 2.75) is 76.5 Å². The van der Waals surface area contributed by atoms with Gasteiger partial charge in [0, 0.05) is 0 Å². The predicted octanol–water partition coefficient (Wildman–Crippen LogP) is 7.60. The Bertz CT molecular complexity index is 532. The van der Waals surface area contributed by atoms with Gasteiger partial charge in [-0.25, -0.2) is 4.39 Å². The third-order valence-corrected chi connectivity index (χ3v) is 6.75. The molecule has 0 bridgehead atoms. The van der Waals surface area contributed by atoms with Gasteiger partial charge in [0.2, 0.25) is 0 Å². The molecule has 0 atom stereocenters. The van der Waals surface area contributed by atoms with Crippen molar-refractivity contribution < 1.29 is 8.78 Å². The number of halogens is 2. The van der Waals surface area contributed by atoms with Crippen LogP contribution < -0.4 is 0 Å². The van der Waals surface area contributed by atoms with Crippen molar-refractivity contribution in [3.63, 3.8) is 0 Å². The average Bonchev–Trinajstić information content (AvgIpc) is 2.69. The first kappa shape index (κ1) is 19.6. The van der Waals surface area contributed by atoms with Crippen LogP contribution in [0.1, 0.15) is 82.1 Å². The molecule has 0 heterocycles. The van der Waals surface area contributed by atoms with Crippen LogP contribution in [0.3, 0.4) is 0 Å². The van der Waals surface area contributed by atoms with E-state index in [0.29, 0.717) is 18.3 Å². The molecule has 3 rings (SSSR count). The Morgan fingerprint density at radius 2 is 1.38 bits per heavy atom. The smallest absolute Gasteiger partial charge is 0.123 e. The van der Waals surface area contributed by atoms with Crippen molar-refractivity contribution in [2.75, 3.05) is 6.67 Å². The van der Waals surface area contributed by atoms with E-state index in [-0.39, 0.29) is 12.5 Å². The van der Waals surface area contributed by atoms with Crippen molar-refractivity contribution in [1.82, 2.24) is 0 Å². The molecule has 1 aromatic rings. The summed E-state index contributed by atoms with van der Waals surface area (Å²) in [6, 6.07) is 7.15. The highest BCUT2D eigenvalue weighted by Crippen LogP contribution is 2.39. The number of hydrogen-bond donors (Lipinski definition) is 0. The molecule has 1 aromatic carbocycles. The third-order valence-electron chi connectivity index (χ3n) is 6.75. The highest BCUT2D eigenvalue weighted by molar-refractivity contribution is 5.20. The summed E-state index contributed by atoms with van der Waals surface area (Å²) in [6.07, 6.45) is 18.2. The fourth-order valence-corrected chi connectivity index (χ4v) is 5.01. The molecule has 26 heavy (non-hydrogen) atoms. The molecule has 2 aliphatic rings. The van der Waals surface area contributed by atoms with Crippen LogP contribution in [0.2, 0.25) is 0 Å². The van der Waals surface area contributed by atoms with E-state index in [1.165, 1.54) is 69.8 Å². The molecule has 0 aromatic heterocycles.